The first-order valence-electron chi connectivity index (χ1n) is 6.56. The Morgan fingerprint density at radius 1 is 1.09 bits per heavy atom. The molecule has 0 N–H and O–H groups in total. The zero-order valence-corrected chi connectivity index (χ0v) is 14.0. The fourth-order valence-electron chi connectivity index (χ4n) is 2.00. The van der Waals surface area contributed by atoms with Crippen LogP contribution < -0.4 is 0 Å². The van der Waals surface area contributed by atoms with Gasteiger partial charge in [0.2, 0.25) is 5.16 Å². The largest absolute Gasteiger partial charge is 0.214 e. The molecule has 22 heavy (non-hydrogen) atoms. The molecular formula is C15H12Cl2N4S. The fraction of sp³-hybridized carbons (Fsp3) is 0.133. The lowest BCUT2D eigenvalue weighted by Crippen LogP contribution is -2.01. The highest BCUT2D eigenvalue weighted by Crippen LogP contribution is 2.27. The first kappa shape index (κ1) is 15.3. The Labute approximate surface area is 142 Å². The summed E-state index contributed by atoms with van der Waals surface area (Å²) in [4.78, 5) is 0. The molecule has 0 unspecified atom stereocenters. The number of halogens is 2. The molecule has 4 nitrogen and oxygen atoms in total. The van der Waals surface area contributed by atoms with Crippen LogP contribution in [0.1, 0.15) is 11.1 Å². The van der Waals surface area contributed by atoms with Gasteiger partial charge in [-0.3, -0.25) is 0 Å². The van der Waals surface area contributed by atoms with E-state index in [2.05, 4.69) is 15.5 Å². The molecule has 0 bridgehead atoms. The van der Waals surface area contributed by atoms with Gasteiger partial charge < -0.3 is 0 Å². The topological polar surface area (TPSA) is 43.6 Å². The minimum atomic E-state index is 0.554. The van der Waals surface area contributed by atoms with Crippen LogP contribution in [0.15, 0.2) is 47.6 Å². The monoisotopic (exact) mass is 350 g/mol. The molecule has 3 aromatic rings. The standard InChI is InChI=1S/C15H12Cl2N4S/c1-10-4-2-3-5-14(10)21-15(18-19-20-21)22-9-11-6-7-12(16)13(17)8-11/h2-8H,9H2,1H3. The van der Waals surface area contributed by atoms with Crippen molar-refractivity contribution in [2.75, 3.05) is 0 Å². The molecule has 3 rings (SSSR count). The molecular weight excluding hydrogens is 339 g/mol. The summed E-state index contributed by atoms with van der Waals surface area (Å²) in [6.45, 7) is 2.03. The van der Waals surface area contributed by atoms with Crippen molar-refractivity contribution < 1.29 is 0 Å². The summed E-state index contributed by atoms with van der Waals surface area (Å²) in [5, 5.41) is 13.8. The van der Waals surface area contributed by atoms with Crippen LogP contribution >= 0.6 is 35.0 Å². The van der Waals surface area contributed by atoms with E-state index in [9.17, 15) is 0 Å². The van der Waals surface area contributed by atoms with Crippen LogP contribution in [0.3, 0.4) is 0 Å². The van der Waals surface area contributed by atoms with Crippen molar-refractivity contribution in [3.63, 3.8) is 0 Å². The van der Waals surface area contributed by atoms with E-state index in [1.807, 2.05) is 43.3 Å². The maximum atomic E-state index is 6.04. The van der Waals surface area contributed by atoms with Crippen LogP contribution in [-0.4, -0.2) is 20.2 Å². The lowest BCUT2D eigenvalue weighted by atomic mass is 10.2. The second-order valence-electron chi connectivity index (χ2n) is 4.70. The van der Waals surface area contributed by atoms with Crippen LogP contribution in [-0.2, 0) is 5.75 Å². The summed E-state index contributed by atoms with van der Waals surface area (Å²) in [6, 6.07) is 13.6. The molecule has 0 fully saturated rings. The zero-order chi connectivity index (χ0) is 15.5. The number of tetrazole rings is 1. The highest BCUT2D eigenvalue weighted by Gasteiger charge is 2.11. The lowest BCUT2D eigenvalue weighted by Gasteiger charge is -2.07. The van der Waals surface area contributed by atoms with E-state index in [4.69, 9.17) is 23.2 Å². The van der Waals surface area contributed by atoms with E-state index in [1.54, 1.807) is 22.5 Å². The Morgan fingerprint density at radius 3 is 2.68 bits per heavy atom. The molecule has 0 aliphatic rings. The number of thioether (sulfide) groups is 1. The minimum absolute atomic E-state index is 0.554. The van der Waals surface area contributed by atoms with Gasteiger partial charge >= 0.3 is 0 Å². The molecule has 0 saturated carbocycles. The molecule has 0 spiro atoms. The normalized spacial score (nSPS) is 10.9. The second kappa shape index (κ2) is 6.69. The Bertz CT molecular complexity index is 804. The van der Waals surface area contributed by atoms with Crippen molar-refractivity contribution in [3.8, 4) is 5.69 Å². The Kier molecular flexibility index (Phi) is 4.66. The van der Waals surface area contributed by atoms with Gasteiger partial charge in [-0.2, -0.15) is 4.68 Å². The van der Waals surface area contributed by atoms with Crippen molar-refractivity contribution in [2.24, 2.45) is 0 Å². The number of aryl methyl sites for hydroxylation is 1. The summed E-state index contributed by atoms with van der Waals surface area (Å²) < 4.78 is 1.75. The Balaban J connectivity index is 1.81. The van der Waals surface area contributed by atoms with Crippen molar-refractivity contribution >= 4 is 35.0 Å². The van der Waals surface area contributed by atoms with Crippen LogP contribution in [0.5, 0.6) is 0 Å². The van der Waals surface area contributed by atoms with Crippen LogP contribution in [0.4, 0.5) is 0 Å². The van der Waals surface area contributed by atoms with Crippen molar-refractivity contribution in [1.82, 2.24) is 20.2 Å². The third-order valence-electron chi connectivity index (χ3n) is 3.14. The van der Waals surface area contributed by atoms with E-state index >= 15 is 0 Å². The molecule has 0 saturated heterocycles. The van der Waals surface area contributed by atoms with Crippen LogP contribution in [0.2, 0.25) is 10.0 Å². The quantitative estimate of drug-likeness (QED) is 0.646. The highest BCUT2D eigenvalue weighted by molar-refractivity contribution is 7.98. The Hall–Kier alpha value is -1.56. The van der Waals surface area contributed by atoms with Crippen molar-refractivity contribution in [1.29, 1.82) is 0 Å². The van der Waals surface area contributed by atoms with E-state index < -0.39 is 0 Å². The second-order valence-corrected chi connectivity index (χ2v) is 6.45. The van der Waals surface area contributed by atoms with Crippen molar-refractivity contribution in [2.45, 2.75) is 17.8 Å². The molecule has 7 heteroatoms. The summed E-state index contributed by atoms with van der Waals surface area (Å²) in [6.07, 6.45) is 0. The zero-order valence-electron chi connectivity index (χ0n) is 11.7. The van der Waals surface area contributed by atoms with E-state index in [0.717, 1.165) is 22.0 Å². The van der Waals surface area contributed by atoms with Gasteiger partial charge in [-0.15, -0.1) is 5.10 Å². The molecule has 1 heterocycles. The number of nitrogens with zero attached hydrogens (tertiary/aromatic N) is 4. The van der Waals surface area contributed by atoms with E-state index in [0.29, 0.717) is 15.8 Å². The van der Waals surface area contributed by atoms with Gasteiger partial charge in [-0.1, -0.05) is 59.2 Å². The first-order chi connectivity index (χ1) is 10.6. The van der Waals surface area contributed by atoms with Crippen LogP contribution in [0, 0.1) is 6.92 Å². The molecule has 0 aliphatic heterocycles. The number of hydrogen-bond acceptors (Lipinski definition) is 4. The predicted molar refractivity (Wildman–Crippen MR) is 89.9 cm³/mol. The third-order valence-corrected chi connectivity index (χ3v) is 4.87. The maximum absolute atomic E-state index is 6.04. The predicted octanol–water partition coefficient (Wildman–Crippen LogP) is 4.57. The molecule has 0 radical (unpaired) electrons. The Morgan fingerprint density at radius 2 is 1.91 bits per heavy atom. The van der Waals surface area contributed by atoms with E-state index in [1.165, 1.54) is 0 Å². The van der Waals surface area contributed by atoms with Gasteiger partial charge in [0.1, 0.15) is 0 Å². The molecule has 1 aromatic heterocycles. The lowest BCUT2D eigenvalue weighted by molar-refractivity contribution is 0.752. The van der Waals surface area contributed by atoms with Gasteiger partial charge in [-0.25, -0.2) is 0 Å². The summed E-state index contributed by atoms with van der Waals surface area (Å²) in [5.74, 6) is 0.711. The number of aromatic nitrogens is 4. The molecule has 0 amide bonds. The average molecular weight is 351 g/mol. The first-order valence-corrected chi connectivity index (χ1v) is 8.30. The summed E-state index contributed by atoms with van der Waals surface area (Å²) in [7, 11) is 0. The smallest absolute Gasteiger partial charge is 0.187 e. The highest BCUT2D eigenvalue weighted by atomic mass is 35.5. The third kappa shape index (κ3) is 3.27. The fourth-order valence-corrected chi connectivity index (χ4v) is 3.15. The molecule has 0 aliphatic carbocycles. The van der Waals surface area contributed by atoms with Crippen molar-refractivity contribution in [3.05, 3.63) is 63.6 Å². The van der Waals surface area contributed by atoms with Gasteiger partial charge in [0.25, 0.3) is 0 Å². The number of rotatable bonds is 4. The number of hydrogen-bond donors (Lipinski definition) is 0. The maximum Gasteiger partial charge on any atom is 0.214 e. The number of para-hydroxylation sites is 1. The average Bonchev–Trinajstić information content (AvgIpc) is 2.97. The SMILES string of the molecule is Cc1ccccc1-n1nnnc1SCc1ccc(Cl)c(Cl)c1. The van der Waals surface area contributed by atoms with Gasteiger partial charge in [-0.05, 0) is 46.7 Å². The van der Waals surface area contributed by atoms with Gasteiger partial charge in [0.15, 0.2) is 0 Å². The number of benzene rings is 2. The van der Waals surface area contributed by atoms with Crippen LogP contribution in [0.25, 0.3) is 5.69 Å². The van der Waals surface area contributed by atoms with Gasteiger partial charge in [0.05, 0.1) is 15.7 Å². The molecule has 0 atom stereocenters. The molecule has 2 aromatic carbocycles. The summed E-state index contributed by atoms with van der Waals surface area (Å²) in [5.41, 5.74) is 3.16. The minimum Gasteiger partial charge on any atom is -0.187 e. The van der Waals surface area contributed by atoms with E-state index in [-0.39, 0.29) is 0 Å². The van der Waals surface area contributed by atoms with Gasteiger partial charge in [0, 0.05) is 5.75 Å². The molecule has 112 valence electrons. The summed E-state index contributed by atoms with van der Waals surface area (Å²) >= 11 is 13.5.